The predicted octanol–water partition coefficient (Wildman–Crippen LogP) is 4.10. The van der Waals surface area contributed by atoms with Crippen LogP contribution in [0.5, 0.6) is 0 Å². The van der Waals surface area contributed by atoms with Gasteiger partial charge in [-0.25, -0.2) is 0 Å². The molecule has 2 aliphatic carbocycles. The third kappa shape index (κ3) is 4.09. The van der Waals surface area contributed by atoms with E-state index in [2.05, 4.69) is 29.2 Å². The fourth-order valence-electron chi connectivity index (χ4n) is 4.16. The first-order chi connectivity index (χ1) is 10.3. The van der Waals surface area contributed by atoms with Crippen LogP contribution in [0.25, 0.3) is 0 Å². The van der Waals surface area contributed by atoms with Crippen LogP contribution in [0.15, 0.2) is 12.3 Å². The summed E-state index contributed by atoms with van der Waals surface area (Å²) in [5, 5.41) is 8.58. The van der Waals surface area contributed by atoms with Crippen molar-refractivity contribution in [1.82, 2.24) is 15.1 Å². The van der Waals surface area contributed by atoms with Crippen molar-refractivity contribution in [3.8, 4) is 0 Å². The molecule has 0 bridgehead atoms. The van der Waals surface area contributed by atoms with Gasteiger partial charge in [-0.05, 0) is 63.5 Å². The molecule has 3 rings (SSSR count). The molecule has 0 aliphatic heterocycles. The molecule has 2 saturated carbocycles. The Morgan fingerprint density at radius 1 is 1.19 bits per heavy atom. The SMILES string of the molecule is CCCNC1CCCC(Cc2ccn(C3CCCC3)n2)C1. The molecule has 21 heavy (non-hydrogen) atoms. The smallest absolute Gasteiger partial charge is 0.0627 e. The maximum atomic E-state index is 4.87. The molecule has 0 amide bonds. The summed E-state index contributed by atoms with van der Waals surface area (Å²) in [4.78, 5) is 0. The summed E-state index contributed by atoms with van der Waals surface area (Å²) >= 11 is 0. The minimum Gasteiger partial charge on any atom is -0.314 e. The zero-order valence-corrected chi connectivity index (χ0v) is 13.6. The molecule has 1 aromatic rings. The second kappa shape index (κ2) is 7.44. The largest absolute Gasteiger partial charge is 0.314 e. The zero-order chi connectivity index (χ0) is 14.5. The van der Waals surface area contributed by atoms with Crippen molar-refractivity contribution in [2.75, 3.05) is 6.54 Å². The Bertz CT molecular complexity index is 420. The van der Waals surface area contributed by atoms with Crippen molar-refractivity contribution in [2.45, 2.75) is 83.2 Å². The summed E-state index contributed by atoms with van der Waals surface area (Å²) in [6, 6.07) is 3.70. The van der Waals surface area contributed by atoms with Gasteiger partial charge in [-0.2, -0.15) is 5.10 Å². The van der Waals surface area contributed by atoms with Crippen LogP contribution in [-0.4, -0.2) is 22.4 Å². The van der Waals surface area contributed by atoms with Gasteiger partial charge < -0.3 is 5.32 Å². The van der Waals surface area contributed by atoms with Crippen LogP contribution in [0.1, 0.15) is 76.4 Å². The molecule has 0 radical (unpaired) electrons. The van der Waals surface area contributed by atoms with Crippen molar-refractivity contribution in [1.29, 1.82) is 0 Å². The first-order valence-corrected chi connectivity index (χ1v) is 9.12. The summed E-state index contributed by atoms with van der Waals surface area (Å²) in [7, 11) is 0. The summed E-state index contributed by atoms with van der Waals surface area (Å²) in [6.45, 7) is 3.43. The molecule has 1 N–H and O–H groups in total. The molecule has 1 aromatic heterocycles. The molecular formula is C18H31N3. The van der Waals surface area contributed by atoms with E-state index in [9.17, 15) is 0 Å². The lowest BCUT2D eigenvalue weighted by molar-refractivity contribution is 0.282. The lowest BCUT2D eigenvalue weighted by atomic mass is 9.83. The number of nitrogens with one attached hydrogen (secondary N) is 1. The summed E-state index contributed by atoms with van der Waals surface area (Å²) in [6.07, 6.45) is 15.6. The summed E-state index contributed by atoms with van der Waals surface area (Å²) in [5.41, 5.74) is 1.32. The Balaban J connectivity index is 1.51. The van der Waals surface area contributed by atoms with Gasteiger partial charge in [-0.15, -0.1) is 0 Å². The van der Waals surface area contributed by atoms with E-state index in [0.29, 0.717) is 6.04 Å². The van der Waals surface area contributed by atoms with Crippen LogP contribution in [0, 0.1) is 5.92 Å². The highest BCUT2D eigenvalue weighted by Gasteiger charge is 2.23. The minimum atomic E-state index is 0.684. The molecule has 1 heterocycles. The van der Waals surface area contributed by atoms with E-state index < -0.39 is 0 Å². The number of rotatable bonds is 6. The number of hydrogen-bond donors (Lipinski definition) is 1. The van der Waals surface area contributed by atoms with Crippen molar-refractivity contribution in [3.05, 3.63) is 18.0 Å². The lowest BCUT2D eigenvalue weighted by Crippen LogP contribution is -2.35. The van der Waals surface area contributed by atoms with Gasteiger partial charge >= 0.3 is 0 Å². The molecule has 0 aromatic carbocycles. The van der Waals surface area contributed by atoms with Crippen LogP contribution in [0.2, 0.25) is 0 Å². The maximum Gasteiger partial charge on any atom is 0.0627 e. The highest BCUT2D eigenvalue weighted by molar-refractivity contribution is 5.02. The van der Waals surface area contributed by atoms with Crippen molar-refractivity contribution < 1.29 is 0 Å². The van der Waals surface area contributed by atoms with Gasteiger partial charge in [0, 0.05) is 12.2 Å². The number of nitrogens with zero attached hydrogens (tertiary/aromatic N) is 2. The fourth-order valence-corrected chi connectivity index (χ4v) is 4.16. The van der Waals surface area contributed by atoms with Gasteiger partial charge in [0.25, 0.3) is 0 Å². The van der Waals surface area contributed by atoms with Crippen molar-refractivity contribution in [2.24, 2.45) is 5.92 Å². The average Bonchev–Trinajstić information content (AvgIpc) is 3.16. The molecular weight excluding hydrogens is 258 g/mol. The monoisotopic (exact) mass is 289 g/mol. The van der Waals surface area contributed by atoms with E-state index in [1.807, 2.05) is 0 Å². The lowest BCUT2D eigenvalue weighted by Gasteiger charge is -2.29. The van der Waals surface area contributed by atoms with Gasteiger partial charge in [-0.3, -0.25) is 4.68 Å². The van der Waals surface area contributed by atoms with Crippen molar-refractivity contribution >= 4 is 0 Å². The van der Waals surface area contributed by atoms with Crippen LogP contribution in [-0.2, 0) is 6.42 Å². The van der Waals surface area contributed by atoms with E-state index in [4.69, 9.17) is 5.10 Å². The first kappa shape index (κ1) is 15.1. The molecule has 2 aliphatic rings. The standard InChI is InChI=1S/C18H31N3/c1-2-11-19-16-7-5-6-15(13-16)14-17-10-12-21(20-17)18-8-3-4-9-18/h10,12,15-16,18-19H,2-9,11,13-14H2,1H3. The molecule has 3 nitrogen and oxygen atoms in total. The quantitative estimate of drug-likeness (QED) is 0.854. The van der Waals surface area contributed by atoms with Crippen molar-refractivity contribution in [3.63, 3.8) is 0 Å². The predicted molar refractivity (Wildman–Crippen MR) is 87.5 cm³/mol. The van der Waals surface area contributed by atoms with E-state index in [1.165, 1.54) is 76.4 Å². The van der Waals surface area contributed by atoms with Gasteiger partial charge in [0.1, 0.15) is 0 Å². The maximum absolute atomic E-state index is 4.87. The Morgan fingerprint density at radius 3 is 2.86 bits per heavy atom. The second-order valence-electron chi connectivity index (χ2n) is 7.11. The van der Waals surface area contributed by atoms with Gasteiger partial charge in [-0.1, -0.05) is 26.2 Å². The topological polar surface area (TPSA) is 29.9 Å². The Hall–Kier alpha value is -0.830. The third-order valence-corrected chi connectivity index (χ3v) is 5.33. The molecule has 2 atom stereocenters. The van der Waals surface area contributed by atoms with E-state index in [1.54, 1.807) is 0 Å². The zero-order valence-electron chi connectivity index (χ0n) is 13.6. The molecule has 0 saturated heterocycles. The highest BCUT2D eigenvalue weighted by atomic mass is 15.3. The van der Waals surface area contributed by atoms with E-state index in [-0.39, 0.29) is 0 Å². The Kier molecular flexibility index (Phi) is 5.34. The van der Waals surface area contributed by atoms with Crippen LogP contribution in [0.4, 0.5) is 0 Å². The number of aromatic nitrogens is 2. The van der Waals surface area contributed by atoms with Gasteiger partial charge in [0.2, 0.25) is 0 Å². The molecule has 118 valence electrons. The fraction of sp³-hybridized carbons (Fsp3) is 0.833. The van der Waals surface area contributed by atoms with Gasteiger partial charge in [0.15, 0.2) is 0 Å². The molecule has 2 unspecified atom stereocenters. The third-order valence-electron chi connectivity index (χ3n) is 5.33. The van der Waals surface area contributed by atoms with Crippen LogP contribution >= 0.6 is 0 Å². The number of hydrogen-bond acceptors (Lipinski definition) is 2. The van der Waals surface area contributed by atoms with E-state index >= 15 is 0 Å². The normalized spacial score (nSPS) is 27.3. The molecule has 3 heteroatoms. The van der Waals surface area contributed by atoms with E-state index in [0.717, 1.165) is 12.0 Å². The van der Waals surface area contributed by atoms with Gasteiger partial charge in [0.05, 0.1) is 11.7 Å². The molecule has 0 spiro atoms. The second-order valence-corrected chi connectivity index (χ2v) is 7.11. The Labute approximate surface area is 129 Å². The summed E-state index contributed by atoms with van der Waals surface area (Å²) < 4.78 is 2.25. The highest BCUT2D eigenvalue weighted by Crippen LogP contribution is 2.30. The Morgan fingerprint density at radius 2 is 2.05 bits per heavy atom. The average molecular weight is 289 g/mol. The molecule has 2 fully saturated rings. The summed E-state index contributed by atoms with van der Waals surface area (Å²) in [5.74, 6) is 0.833. The van der Waals surface area contributed by atoms with Crippen LogP contribution < -0.4 is 5.32 Å². The van der Waals surface area contributed by atoms with Crippen LogP contribution in [0.3, 0.4) is 0 Å². The first-order valence-electron chi connectivity index (χ1n) is 9.12. The minimum absolute atomic E-state index is 0.684.